The quantitative estimate of drug-likeness (QED) is 0.0613. The Morgan fingerprint density at radius 3 is 2.18 bits per heavy atom. The molecule has 3 aromatic heterocycles. The Kier molecular flexibility index (Phi) is 13.0. The van der Waals surface area contributed by atoms with E-state index in [1.807, 2.05) is 28.9 Å². The fourth-order valence-corrected chi connectivity index (χ4v) is 7.87. The van der Waals surface area contributed by atoms with Crippen LogP contribution in [-0.2, 0) is 23.7 Å². The number of rotatable bonds is 19. The molecule has 0 radical (unpaired) electrons. The van der Waals surface area contributed by atoms with Gasteiger partial charge in [0.05, 0.1) is 19.4 Å². The molecule has 4 aromatic rings. The van der Waals surface area contributed by atoms with Crippen LogP contribution >= 0.6 is 0 Å². The number of carbonyl (C=O) groups is 1. The maximum Gasteiger partial charge on any atom is 0.249 e. The van der Waals surface area contributed by atoms with Crippen molar-refractivity contribution in [3.63, 3.8) is 0 Å². The van der Waals surface area contributed by atoms with Gasteiger partial charge in [0, 0.05) is 83.4 Å². The summed E-state index contributed by atoms with van der Waals surface area (Å²) in [6.07, 6.45) is 8.56. The number of ether oxygens (including phenoxy) is 4. The number of carbonyl (C=O) groups excluding carboxylic acids is 1. The van der Waals surface area contributed by atoms with E-state index < -0.39 is 27.7 Å². The number of hydrogen-bond donors (Lipinski definition) is 1. The van der Waals surface area contributed by atoms with Gasteiger partial charge in [-0.1, -0.05) is 57.5 Å². The number of primary amides is 1. The van der Waals surface area contributed by atoms with E-state index in [1.165, 1.54) is 0 Å². The van der Waals surface area contributed by atoms with E-state index in [9.17, 15) is 4.79 Å². The van der Waals surface area contributed by atoms with Crippen LogP contribution in [0.25, 0.3) is 22.5 Å². The number of aromatic nitrogens is 4. The summed E-state index contributed by atoms with van der Waals surface area (Å²) in [7, 11) is -0.926. The zero-order valence-electron chi connectivity index (χ0n) is 31.7. The maximum atomic E-state index is 12.7. The molecule has 1 amide bonds. The predicted octanol–water partition coefficient (Wildman–Crippen LogP) is 7.16. The first-order valence-electron chi connectivity index (χ1n) is 18.2. The summed E-state index contributed by atoms with van der Waals surface area (Å²) >= 11 is 0. The Morgan fingerprint density at radius 2 is 1.59 bits per heavy atom. The number of nitrogens with zero attached hydrogens (tertiary/aromatic N) is 5. The molecule has 0 spiro atoms. The lowest BCUT2D eigenvalue weighted by atomic mass is 9.77. The molecule has 51 heavy (non-hydrogen) atoms. The fraction of sp³-hybridized carbons (Fsp3) is 0.553. The van der Waals surface area contributed by atoms with Gasteiger partial charge in [-0.15, -0.1) is 0 Å². The van der Waals surface area contributed by atoms with Crippen molar-refractivity contribution in [1.29, 1.82) is 0 Å². The van der Waals surface area contributed by atoms with Crippen LogP contribution in [0.4, 0.5) is 5.82 Å². The van der Waals surface area contributed by atoms with Crippen LogP contribution < -0.4 is 10.6 Å². The summed E-state index contributed by atoms with van der Waals surface area (Å²) < 4.78 is 28.0. The largest absolute Gasteiger partial charge is 0.382 e. The fourth-order valence-electron chi connectivity index (χ4n) is 6.36. The normalized spacial score (nSPS) is 18.4. The molecule has 1 fully saturated rings. The summed E-state index contributed by atoms with van der Waals surface area (Å²) in [6.45, 7) is 17.0. The van der Waals surface area contributed by atoms with Gasteiger partial charge in [0.25, 0.3) is 0 Å². The molecule has 278 valence electrons. The number of benzene rings is 1. The van der Waals surface area contributed by atoms with Gasteiger partial charge in [-0.3, -0.25) is 4.79 Å². The van der Waals surface area contributed by atoms with Gasteiger partial charge in [0.1, 0.15) is 24.9 Å². The van der Waals surface area contributed by atoms with Gasteiger partial charge < -0.3 is 34.1 Å². The molecule has 1 aliphatic carbocycles. The Bertz CT molecular complexity index is 1690. The first-order chi connectivity index (χ1) is 24.3. The Labute approximate surface area is 305 Å². The molecule has 11 nitrogen and oxygen atoms in total. The van der Waals surface area contributed by atoms with Crippen molar-refractivity contribution in [3.05, 3.63) is 66.7 Å². The lowest BCUT2D eigenvalue weighted by Crippen LogP contribution is -2.49. The zero-order valence-corrected chi connectivity index (χ0v) is 33.7. The van der Waals surface area contributed by atoms with Crippen molar-refractivity contribution in [3.8, 4) is 16.8 Å². The van der Waals surface area contributed by atoms with E-state index in [0.717, 1.165) is 46.1 Å². The monoisotopic (exact) mass is 734 g/mol. The average Bonchev–Trinajstić information content (AvgIpc) is 3.75. The summed E-state index contributed by atoms with van der Waals surface area (Å²) in [4.78, 5) is 20.1. The highest BCUT2D eigenvalue weighted by atomic mass is 28.3. The van der Waals surface area contributed by atoms with Crippen LogP contribution in [0.1, 0.15) is 37.3 Å². The highest BCUT2D eigenvalue weighted by Crippen LogP contribution is 2.41. The van der Waals surface area contributed by atoms with Gasteiger partial charge in [-0.25, -0.2) is 4.98 Å². The SMILES string of the molecule is COCCOC1(C(N)=O)CCC(c2cc(N(COCC[Si](C)(C)C)COCC[Si](C)(C)C)n3ncc(-c4ccn(-c5ccccc5)c4)c3n2)CC1. The van der Waals surface area contributed by atoms with Crippen molar-refractivity contribution < 1.29 is 23.7 Å². The molecule has 13 heteroatoms. The second-order valence-electron chi connectivity index (χ2n) is 16.2. The average molecular weight is 735 g/mol. The third kappa shape index (κ3) is 10.4. The molecule has 3 heterocycles. The van der Waals surface area contributed by atoms with Crippen molar-refractivity contribution in [2.45, 2.75) is 88.6 Å². The van der Waals surface area contributed by atoms with Crippen LogP contribution in [0.2, 0.25) is 51.4 Å². The minimum absolute atomic E-state index is 0.103. The summed E-state index contributed by atoms with van der Waals surface area (Å²) in [6, 6.07) is 16.7. The molecule has 0 unspecified atom stereocenters. The van der Waals surface area contributed by atoms with Crippen LogP contribution in [0.15, 0.2) is 61.1 Å². The van der Waals surface area contributed by atoms with E-state index in [1.54, 1.807) is 7.11 Å². The second-order valence-corrected chi connectivity index (χ2v) is 27.4. The number of methoxy groups -OCH3 is 1. The summed E-state index contributed by atoms with van der Waals surface area (Å²) in [5.74, 6) is 0.554. The molecule has 5 rings (SSSR count). The third-order valence-corrected chi connectivity index (χ3v) is 13.1. The number of fused-ring (bicyclic) bond motifs is 1. The van der Waals surface area contributed by atoms with Gasteiger partial charge in [0.2, 0.25) is 5.91 Å². The first-order valence-corrected chi connectivity index (χ1v) is 25.7. The number of nitrogens with two attached hydrogens (primary N) is 1. The van der Waals surface area contributed by atoms with Crippen LogP contribution in [0, 0.1) is 0 Å². The molecule has 1 aromatic carbocycles. The predicted molar refractivity (Wildman–Crippen MR) is 209 cm³/mol. The van der Waals surface area contributed by atoms with E-state index in [2.05, 4.69) is 85.4 Å². The van der Waals surface area contributed by atoms with Crippen molar-refractivity contribution >= 4 is 33.5 Å². The zero-order chi connectivity index (χ0) is 36.6. The molecule has 0 aliphatic heterocycles. The number of amides is 1. The highest BCUT2D eigenvalue weighted by molar-refractivity contribution is 6.76. The molecule has 1 saturated carbocycles. The smallest absolute Gasteiger partial charge is 0.249 e. The summed E-state index contributed by atoms with van der Waals surface area (Å²) in [5.41, 5.74) is 9.70. The van der Waals surface area contributed by atoms with E-state index in [-0.39, 0.29) is 5.92 Å². The van der Waals surface area contributed by atoms with Crippen LogP contribution in [0.3, 0.4) is 0 Å². The van der Waals surface area contributed by atoms with Crippen molar-refractivity contribution in [1.82, 2.24) is 19.2 Å². The van der Waals surface area contributed by atoms with Crippen molar-refractivity contribution in [2.24, 2.45) is 5.73 Å². The minimum Gasteiger partial charge on any atom is -0.382 e. The molecule has 2 N–H and O–H groups in total. The third-order valence-electron chi connectivity index (χ3n) is 9.67. The highest BCUT2D eigenvalue weighted by Gasteiger charge is 2.42. The standard InChI is InChI=1S/C38H58N6O5Si2/c1-46-19-20-49-38(37(39)45)16-13-30(14-17-38)34-25-35(43(28-47-21-23-50(2,3)4)29-48-22-24-51(5,6)7)44-36(41-34)33(26-40-44)31-15-18-42(27-31)32-11-9-8-10-12-32/h8-12,15,18,25-27,30H,13-14,16-17,19-24,28-29H2,1-7H3,(H2,39,45). The summed E-state index contributed by atoms with van der Waals surface area (Å²) in [5, 5.41) is 4.92. The van der Waals surface area contributed by atoms with E-state index >= 15 is 0 Å². The number of para-hydroxylation sites is 1. The number of anilines is 1. The molecule has 0 atom stereocenters. The molecular weight excluding hydrogens is 677 g/mol. The molecular formula is C38H58N6O5Si2. The van der Waals surface area contributed by atoms with Crippen LogP contribution in [-0.4, -0.2) is 93.8 Å². The van der Waals surface area contributed by atoms with Gasteiger partial charge in [-0.2, -0.15) is 9.61 Å². The maximum absolute atomic E-state index is 12.7. The molecule has 0 saturated heterocycles. The first kappa shape index (κ1) is 38.9. The second kappa shape index (κ2) is 17.0. The van der Waals surface area contributed by atoms with Gasteiger partial charge in [-0.05, 0) is 56.0 Å². The number of hydrogen-bond acceptors (Lipinski definition) is 8. The van der Waals surface area contributed by atoms with Gasteiger partial charge in [0.15, 0.2) is 5.65 Å². The van der Waals surface area contributed by atoms with E-state index in [0.29, 0.717) is 65.6 Å². The molecule has 0 bridgehead atoms. The lowest BCUT2D eigenvalue weighted by Gasteiger charge is -2.37. The topological polar surface area (TPSA) is 118 Å². The van der Waals surface area contributed by atoms with Crippen LogP contribution in [0.5, 0.6) is 0 Å². The Morgan fingerprint density at radius 1 is 0.941 bits per heavy atom. The Hall–Kier alpha value is -3.34. The minimum atomic E-state index is -1.27. The lowest BCUT2D eigenvalue weighted by molar-refractivity contribution is -0.151. The molecule has 1 aliphatic rings. The Balaban J connectivity index is 1.51. The van der Waals surface area contributed by atoms with Gasteiger partial charge >= 0.3 is 0 Å². The van der Waals surface area contributed by atoms with E-state index in [4.69, 9.17) is 34.8 Å². The van der Waals surface area contributed by atoms with Crippen molar-refractivity contribution in [2.75, 3.05) is 51.9 Å².